The molecule has 0 saturated carbocycles. The SMILES string of the molecule is CN1CCCC1=NC(C)(C)C. The Morgan fingerprint density at radius 1 is 1.36 bits per heavy atom. The minimum Gasteiger partial charge on any atom is -0.363 e. The van der Waals surface area contributed by atoms with Gasteiger partial charge in [-0.2, -0.15) is 0 Å². The van der Waals surface area contributed by atoms with Gasteiger partial charge in [0.05, 0.1) is 11.4 Å². The molecule has 0 aliphatic carbocycles. The van der Waals surface area contributed by atoms with Crippen LogP contribution in [0.4, 0.5) is 0 Å². The molecule has 64 valence electrons. The second kappa shape index (κ2) is 2.84. The smallest absolute Gasteiger partial charge is 0.0993 e. The maximum Gasteiger partial charge on any atom is 0.0993 e. The molecule has 0 radical (unpaired) electrons. The van der Waals surface area contributed by atoms with E-state index in [1.807, 2.05) is 0 Å². The van der Waals surface area contributed by atoms with Crippen LogP contribution in [0.3, 0.4) is 0 Å². The molecule has 0 unspecified atom stereocenters. The standard InChI is InChI=1S/C9H18N2/c1-9(2,3)10-8-6-5-7-11(8)4/h5-7H2,1-4H3. The monoisotopic (exact) mass is 154 g/mol. The highest BCUT2D eigenvalue weighted by molar-refractivity contribution is 5.84. The Kier molecular flexibility index (Phi) is 2.21. The molecule has 0 atom stereocenters. The van der Waals surface area contributed by atoms with Gasteiger partial charge >= 0.3 is 0 Å². The third-order valence-corrected chi connectivity index (χ3v) is 1.80. The van der Waals surface area contributed by atoms with E-state index in [1.54, 1.807) is 0 Å². The molecule has 1 aliphatic rings. The summed E-state index contributed by atoms with van der Waals surface area (Å²) in [4.78, 5) is 6.89. The molecule has 0 aromatic heterocycles. The van der Waals surface area contributed by atoms with E-state index < -0.39 is 0 Å². The van der Waals surface area contributed by atoms with Crippen LogP contribution in [-0.2, 0) is 0 Å². The van der Waals surface area contributed by atoms with Crippen molar-refractivity contribution < 1.29 is 0 Å². The summed E-state index contributed by atoms with van der Waals surface area (Å²) in [6, 6.07) is 0. The lowest BCUT2D eigenvalue weighted by molar-refractivity contribution is 0.522. The second-order valence-electron chi connectivity index (χ2n) is 4.22. The lowest BCUT2D eigenvalue weighted by Crippen LogP contribution is -2.23. The summed E-state index contributed by atoms with van der Waals surface area (Å²) in [5.74, 6) is 1.28. The van der Waals surface area contributed by atoms with E-state index in [0.29, 0.717) is 0 Å². The summed E-state index contributed by atoms with van der Waals surface area (Å²) >= 11 is 0. The Balaban J connectivity index is 2.65. The molecule has 0 aromatic rings. The summed E-state index contributed by atoms with van der Waals surface area (Å²) in [7, 11) is 2.12. The van der Waals surface area contributed by atoms with Crippen molar-refractivity contribution in [1.29, 1.82) is 0 Å². The molecule has 0 amide bonds. The first-order valence-corrected chi connectivity index (χ1v) is 4.29. The number of amidine groups is 1. The van der Waals surface area contributed by atoms with Gasteiger partial charge in [-0.05, 0) is 27.2 Å². The third-order valence-electron chi connectivity index (χ3n) is 1.80. The molecule has 1 heterocycles. The van der Waals surface area contributed by atoms with Crippen LogP contribution in [0.25, 0.3) is 0 Å². The van der Waals surface area contributed by atoms with Crippen LogP contribution in [0.2, 0.25) is 0 Å². The zero-order chi connectivity index (χ0) is 8.48. The lowest BCUT2D eigenvalue weighted by atomic mass is 10.1. The first-order chi connectivity index (χ1) is 4.99. The van der Waals surface area contributed by atoms with Crippen molar-refractivity contribution in [3.05, 3.63) is 0 Å². The molecule has 0 aromatic carbocycles. The minimum atomic E-state index is 0.0912. The second-order valence-corrected chi connectivity index (χ2v) is 4.22. The molecular weight excluding hydrogens is 136 g/mol. The zero-order valence-electron chi connectivity index (χ0n) is 8.02. The van der Waals surface area contributed by atoms with Gasteiger partial charge in [0.2, 0.25) is 0 Å². The van der Waals surface area contributed by atoms with Crippen LogP contribution < -0.4 is 0 Å². The summed E-state index contributed by atoms with van der Waals surface area (Å²) in [6.45, 7) is 7.61. The molecule has 1 rings (SSSR count). The zero-order valence-corrected chi connectivity index (χ0v) is 8.02. The van der Waals surface area contributed by atoms with Crippen LogP contribution in [0.15, 0.2) is 4.99 Å². The van der Waals surface area contributed by atoms with Crippen molar-refractivity contribution in [2.75, 3.05) is 13.6 Å². The Hall–Kier alpha value is -0.530. The Morgan fingerprint density at radius 2 is 2.00 bits per heavy atom. The molecule has 0 bridgehead atoms. The van der Waals surface area contributed by atoms with Gasteiger partial charge in [-0.15, -0.1) is 0 Å². The molecule has 0 N–H and O–H groups in total. The fourth-order valence-corrected chi connectivity index (χ4v) is 1.32. The van der Waals surface area contributed by atoms with E-state index in [0.717, 1.165) is 6.42 Å². The van der Waals surface area contributed by atoms with Gasteiger partial charge in [0.15, 0.2) is 0 Å². The van der Waals surface area contributed by atoms with Crippen LogP contribution in [0.5, 0.6) is 0 Å². The van der Waals surface area contributed by atoms with Gasteiger partial charge in [0.1, 0.15) is 0 Å². The van der Waals surface area contributed by atoms with Crippen LogP contribution in [0, 0.1) is 0 Å². The van der Waals surface area contributed by atoms with Gasteiger partial charge in [-0.3, -0.25) is 4.99 Å². The average Bonchev–Trinajstić information content (AvgIpc) is 2.12. The van der Waals surface area contributed by atoms with Gasteiger partial charge in [-0.25, -0.2) is 0 Å². The molecule has 11 heavy (non-hydrogen) atoms. The minimum absolute atomic E-state index is 0.0912. The average molecular weight is 154 g/mol. The van der Waals surface area contributed by atoms with Crippen molar-refractivity contribution in [3.63, 3.8) is 0 Å². The Morgan fingerprint density at radius 3 is 2.36 bits per heavy atom. The van der Waals surface area contributed by atoms with Gasteiger partial charge < -0.3 is 4.90 Å². The van der Waals surface area contributed by atoms with Gasteiger partial charge in [-0.1, -0.05) is 0 Å². The van der Waals surface area contributed by atoms with Crippen LogP contribution >= 0.6 is 0 Å². The highest BCUT2D eigenvalue weighted by Crippen LogP contribution is 2.14. The van der Waals surface area contributed by atoms with Crippen molar-refractivity contribution >= 4 is 5.84 Å². The predicted molar refractivity (Wildman–Crippen MR) is 49.1 cm³/mol. The van der Waals surface area contributed by atoms with Crippen molar-refractivity contribution in [2.45, 2.75) is 39.2 Å². The van der Waals surface area contributed by atoms with Crippen LogP contribution in [-0.4, -0.2) is 29.9 Å². The lowest BCUT2D eigenvalue weighted by Gasteiger charge is -2.18. The fraction of sp³-hybridized carbons (Fsp3) is 0.889. The van der Waals surface area contributed by atoms with Crippen molar-refractivity contribution in [1.82, 2.24) is 4.90 Å². The first-order valence-electron chi connectivity index (χ1n) is 4.29. The van der Waals surface area contributed by atoms with E-state index in [2.05, 4.69) is 37.7 Å². The van der Waals surface area contributed by atoms with E-state index in [-0.39, 0.29) is 5.54 Å². The molecule has 2 heteroatoms. The largest absolute Gasteiger partial charge is 0.363 e. The van der Waals surface area contributed by atoms with Crippen molar-refractivity contribution in [3.8, 4) is 0 Å². The highest BCUT2D eigenvalue weighted by Gasteiger charge is 2.17. The first kappa shape index (κ1) is 8.57. The molecular formula is C9H18N2. The number of rotatable bonds is 0. The normalized spacial score (nSPS) is 23.3. The maximum atomic E-state index is 4.63. The molecule has 1 fully saturated rings. The van der Waals surface area contributed by atoms with Crippen LogP contribution in [0.1, 0.15) is 33.6 Å². The number of likely N-dealkylation sites (tertiary alicyclic amines) is 1. The van der Waals surface area contributed by atoms with E-state index in [4.69, 9.17) is 0 Å². The van der Waals surface area contributed by atoms with E-state index >= 15 is 0 Å². The number of hydrogen-bond donors (Lipinski definition) is 0. The highest BCUT2D eigenvalue weighted by atomic mass is 15.2. The summed E-state index contributed by atoms with van der Waals surface area (Å²) in [5.41, 5.74) is 0.0912. The van der Waals surface area contributed by atoms with Gasteiger partial charge in [0.25, 0.3) is 0 Å². The molecule has 0 spiro atoms. The molecule has 2 nitrogen and oxygen atoms in total. The number of aliphatic imine (C=N–C) groups is 1. The summed E-state index contributed by atoms with van der Waals surface area (Å²) < 4.78 is 0. The molecule has 1 aliphatic heterocycles. The number of hydrogen-bond acceptors (Lipinski definition) is 1. The Bertz CT molecular complexity index is 165. The predicted octanol–water partition coefficient (Wildman–Crippen LogP) is 1.91. The third kappa shape index (κ3) is 2.52. The number of nitrogens with zero attached hydrogens (tertiary/aromatic N) is 2. The fourth-order valence-electron chi connectivity index (χ4n) is 1.32. The van der Waals surface area contributed by atoms with Gasteiger partial charge in [0, 0.05) is 20.0 Å². The topological polar surface area (TPSA) is 15.6 Å². The summed E-state index contributed by atoms with van der Waals surface area (Å²) in [6.07, 6.45) is 2.43. The maximum absolute atomic E-state index is 4.63. The summed E-state index contributed by atoms with van der Waals surface area (Å²) in [5, 5.41) is 0. The van der Waals surface area contributed by atoms with Crippen molar-refractivity contribution in [2.24, 2.45) is 4.99 Å². The van der Waals surface area contributed by atoms with E-state index in [9.17, 15) is 0 Å². The quantitative estimate of drug-likeness (QED) is 0.520. The van der Waals surface area contributed by atoms with E-state index in [1.165, 1.54) is 18.8 Å². The Labute approximate surface area is 69.3 Å². The molecule has 1 saturated heterocycles.